The Kier molecular flexibility index (Phi) is 4.18. The summed E-state index contributed by atoms with van der Waals surface area (Å²) in [6.07, 6.45) is 0.261. The van der Waals surface area contributed by atoms with Crippen molar-refractivity contribution in [3.63, 3.8) is 0 Å². The number of hydrogen-bond donors (Lipinski definition) is 0. The van der Waals surface area contributed by atoms with E-state index in [-0.39, 0.29) is 12.2 Å². The Morgan fingerprint density at radius 1 is 0.895 bits per heavy atom. The molecule has 2 aromatic carbocycles. The SMILES string of the molecule is COc1cccc(OC)c1CC(=O)c1ccccc1. The van der Waals surface area contributed by atoms with Crippen LogP contribution in [0.3, 0.4) is 0 Å². The van der Waals surface area contributed by atoms with Crippen LogP contribution < -0.4 is 9.47 Å². The van der Waals surface area contributed by atoms with Crippen molar-refractivity contribution in [2.24, 2.45) is 0 Å². The molecule has 3 nitrogen and oxygen atoms in total. The third-order valence-corrected chi connectivity index (χ3v) is 2.96. The van der Waals surface area contributed by atoms with Gasteiger partial charge in [-0.3, -0.25) is 4.79 Å². The second kappa shape index (κ2) is 6.05. The van der Waals surface area contributed by atoms with Crippen LogP contribution in [0.2, 0.25) is 0 Å². The van der Waals surface area contributed by atoms with Gasteiger partial charge in [0.25, 0.3) is 0 Å². The highest BCUT2D eigenvalue weighted by Gasteiger charge is 2.15. The second-order valence-electron chi connectivity index (χ2n) is 4.11. The summed E-state index contributed by atoms with van der Waals surface area (Å²) in [5, 5.41) is 0. The molecule has 0 radical (unpaired) electrons. The van der Waals surface area contributed by atoms with Crippen molar-refractivity contribution >= 4 is 5.78 Å². The van der Waals surface area contributed by atoms with E-state index in [1.165, 1.54) is 0 Å². The fourth-order valence-corrected chi connectivity index (χ4v) is 1.99. The van der Waals surface area contributed by atoms with Crippen LogP contribution >= 0.6 is 0 Å². The van der Waals surface area contributed by atoms with Crippen LogP contribution in [0.1, 0.15) is 15.9 Å². The number of rotatable bonds is 5. The van der Waals surface area contributed by atoms with Gasteiger partial charge < -0.3 is 9.47 Å². The summed E-state index contributed by atoms with van der Waals surface area (Å²) in [5.41, 5.74) is 1.47. The van der Waals surface area contributed by atoms with Gasteiger partial charge in [-0.05, 0) is 12.1 Å². The summed E-state index contributed by atoms with van der Waals surface area (Å²) in [6, 6.07) is 14.7. The van der Waals surface area contributed by atoms with Gasteiger partial charge in [-0.1, -0.05) is 36.4 Å². The van der Waals surface area contributed by atoms with Crippen LogP contribution in [0.5, 0.6) is 11.5 Å². The monoisotopic (exact) mass is 256 g/mol. The summed E-state index contributed by atoms with van der Waals surface area (Å²) >= 11 is 0. The summed E-state index contributed by atoms with van der Waals surface area (Å²) < 4.78 is 10.6. The highest BCUT2D eigenvalue weighted by Crippen LogP contribution is 2.29. The minimum Gasteiger partial charge on any atom is -0.496 e. The van der Waals surface area contributed by atoms with Crippen LogP contribution in [-0.4, -0.2) is 20.0 Å². The van der Waals surface area contributed by atoms with Crippen LogP contribution in [0, 0.1) is 0 Å². The van der Waals surface area contributed by atoms with E-state index in [1.54, 1.807) is 14.2 Å². The van der Waals surface area contributed by atoms with Gasteiger partial charge in [-0.25, -0.2) is 0 Å². The van der Waals surface area contributed by atoms with Gasteiger partial charge >= 0.3 is 0 Å². The fourth-order valence-electron chi connectivity index (χ4n) is 1.99. The first-order valence-corrected chi connectivity index (χ1v) is 6.04. The topological polar surface area (TPSA) is 35.5 Å². The number of carbonyl (C=O) groups excluding carboxylic acids is 1. The summed E-state index contributed by atoms with van der Waals surface area (Å²) in [4.78, 5) is 12.2. The molecule has 98 valence electrons. The van der Waals surface area contributed by atoms with E-state index in [0.717, 1.165) is 5.56 Å². The molecule has 0 aromatic heterocycles. The van der Waals surface area contributed by atoms with Crippen molar-refractivity contribution in [3.8, 4) is 11.5 Å². The molecule has 0 heterocycles. The normalized spacial score (nSPS) is 10.0. The lowest BCUT2D eigenvalue weighted by Gasteiger charge is -2.12. The van der Waals surface area contributed by atoms with Gasteiger partial charge in [-0.2, -0.15) is 0 Å². The summed E-state index contributed by atoms with van der Waals surface area (Å²) in [6.45, 7) is 0. The molecule has 0 aliphatic rings. The molecule has 2 aromatic rings. The lowest BCUT2D eigenvalue weighted by atomic mass is 10.0. The third-order valence-electron chi connectivity index (χ3n) is 2.96. The first-order chi connectivity index (χ1) is 9.26. The van der Waals surface area contributed by atoms with Gasteiger partial charge in [0.05, 0.1) is 14.2 Å². The molecule has 0 bridgehead atoms. The van der Waals surface area contributed by atoms with Crippen molar-refractivity contribution in [2.75, 3.05) is 14.2 Å². The van der Waals surface area contributed by atoms with E-state index in [2.05, 4.69) is 0 Å². The zero-order valence-electron chi connectivity index (χ0n) is 11.1. The molecule has 0 atom stereocenters. The van der Waals surface area contributed by atoms with E-state index in [4.69, 9.17) is 9.47 Å². The molecule has 0 saturated heterocycles. The Hall–Kier alpha value is -2.29. The number of hydrogen-bond acceptors (Lipinski definition) is 3. The zero-order valence-corrected chi connectivity index (χ0v) is 11.1. The smallest absolute Gasteiger partial charge is 0.167 e. The summed E-state index contributed by atoms with van der Waals surface area (Å²) in [5.74, 6) is 1.38. The molecule has 0 aliphatic carbocycles. The molecule has 19 heavy (non-hydrogen) atoms. The minimum absolute atomic E-state index is 0.0448. The Morgan fingerprint density at radius 3 is 2.00 bits per heavy atom. The average molecular weight is 256 g/mol. The Labute approximate surface area is 112 Å². The number of Topliss-reactive ketones (excluding diaryl/α,β-unsaturated/α-hetero) is 1. The van der Waals surface area contributed by atoms with Crippen LogP contribution in [0.15, 0.2) is 48.5 Å². The van der Waals surface area contributed by atoms with E-state index in [0.29, 0.717) is 17.1 Å². The van der Waals surface area contributed by atoms with E-state index >= 15 is 0 Å². The first kappa shape index (κ1) is 13.1. The number of ether oxygens (including phenoxy) is 2. The van der Waals surface area contributed by atoms with E-state index < -0.39 is 0 Å². The van der Waals surface area contributed by atoms with E-state index in [1.807, 2.05) is 48.5 Å². The van der Waals surface area contributed by atoms with Gasteiger partial charge in [0.1, 0.15) is 11.5 Å². The minimum atomic E-state index is 0.0448. The van der Waals surface area contributed by atoms with Crippen LogP contribution in [0.25, 0.3) is 0 Å². The fraction of sp³-hybridized carbons (Fsp3) is 0.188. The molecule has 0 aliphatic heterocycles. The molecule has 0 fully saturated rings. The molecule has 0 saturated carbocycles. The maximum atomic E-state index is 12.2. The first-order valence-electron chi connectivity index (χ1n) is 6.04. The predicted octanol–water partition coefficient (Wildman–Crippen LogP) is 3.13. The number of ketones is 1. The van der Waals surface area contributed by atoms with Gasteiger partial charge in [0.2, 0.25) is 0 Å². The second-order valence-corrected chi connectivity index (χ2v) is 4.11. The van der Waals surface area contributed by atoms with Gasteiger partial charge in [0, 0.05) is 17.5 Å². The lowest BCUT2D eigenvalue weighted by molar-refractivity contribution is 0.0991. The van der Waals surface area contributed by atoms with Crippen molar-refractivity contribution in [1.82, 2.24) is 0 Å². The standard InChI is InChI=1S/C16H16O3/c1-18-15-9-6-10-16(19-2)13(15)11-14(17)12-7-4-3-5-8-12/h3-10H,11H2,1-2H3. The Bertz CT molecular complexity index is 539. The van der Waals surface area contributed by atoms with E-state index in [9.17, 15) is 4.79 Å². The highest BCUT2D eigenvalue weighted by molar-refractivity contribution is 5.98. The molecule has 0 unspecified atom stereocenters. The Balaban J connectivity index is 2.30. The Morgan fingerprint density at radius 2 is 1.47 bits per heavy atom. The number of benzene rings is 2. The van der Waals surface area contributed by atoms with Gasteiger partial charge in [-0.15, -0.1) is 0 Å². The predicted molar refractivity (Wildman–Crippen MR) is 74.0 cm³/mol. The highest BCUT2D eigenvalue weighted by atomic mass is 16.5. The number of carbonyl (C=O) groups is 1. The maximum absolute atomic E-state index is 12.2. The zero-order chi connectivity index (χ0) is 13.7. The van der Waals surface area contributed by atoms with Crippen molar-refractivity contribution in [1.29, 1.82) is 0 Å². The summed E-state index contributed by atoms with van der Waals surface area (Å²) in [7, 11) is 3.18. The molecular weight excluding hydrogens is 240 g/mol. The van der Waals surface area contributed by atoms with Crippen molar-refractivity contribution in [3.05, 3.63) is 59.7 Å². The van der Waals surface area contributed by atoms with Crippen molar-refractivity contribution in [2.45, 2.75) is 6.42 Å². The average Bonchev–Trinajstić information content (AvgIpc) is 2.48. The molecule has 0 amide bonds. The van der Waals surface area contributed by atoms with Crippen LogP contribution in [-0.2, 0) is 6.42 Å². The molecule has 2 rings (SSSR count). The molecule has 0 spiro atoms. The van der Waals surface area contributed by atoms with Gasteiger partial charge in [0.15, 0.2) is 5.78 Å². The lowest BCUT2D eigenvalue weighted by Crippen LogP contribution is -2.06. The molecule has 3 heteroatoms. The third kappa shape index (κ3) is 2.94. The maximum Gasteiger partial charge on any atom is 0.167 e. The quantitative estimate of drug-likeness (QED) is 0.771. The number of methoxy groups -OCH3 is 2. The molecular formula is C16H16O3. The van der Waals surface area contributed by atoms with Crippen LogP contribution in [0.4, 0.5) is 0 Å². The largest absolute Gasteiger partial charge is 0.496 e. The molecule has 0 N–H and O–H groups in total. The van der Waals surface area contributed by atoms with Crippen molar-refractivity contribution < 1.29 is 14.3 Å².